The van der Waals surface area contributed by atoms with Crippen molar-refractivity contribution in [3.8, 4) is 16.9 Å². The van der Waals surface area contributed by atoms with Gasteiger partial charge >= 0.3 is 6.03 Å². The number of hydrogen-bond donors (Lipinski definition) is 2. The largest absolute Gasteiger partial charge is 0.497 e. The standard InChI is InChI=1S/C36H33N3O3/c1-42-32-13-7-12-31(23-32)37-36(41)39-21-20-33(28-17-14-27(15-18-28)25-8-3-2-4-9-25)34(24-39)38-35(40)30-19-16-26-10-5-6-11-29(26)22-30/h2-19,22-23,33-34H,20-21,24H2,1H3,(H,37,41)(H,38,40)/t33-,34+/m1/s1. The van der Waals surface area contributed by atoms with E-state index in [9.17, 15) is 9.59 Å². The monoisotopic (exact) mass is 555 g/mol. The van der Waals surface area contributed by atoms with Crippen LogP contribution in [-0.2, 0) is 0 Å². The Morgan fingerprint density at radius 3 is 2.29 bits per heavy atom. The zero-order valence-corrected chi connectivity index (χ0v) is 23.5. The van der Waals surface area contributed by atoms with Crippen molar-refractivity contribution in [2.24, 2.45) is 0 Å². The molecule has 0 bridgehead atoms. The molecule has 6 heteroatoms. The zero-order valence-electron chi connectivity index (χ0n) is 23.5. The van der Waals surface area contributed by atoms with Crippen molar-refractivity contribution >= 4 is 28.4 Å². The van der Waals surface area contributed by atoms with E-state index in [2.05, 4.69) is 47.0 Å². The van der Waals surface area contributed by atoms with Gasteiger partial charge in [-0.1, -0.05) is 91.0 Å². The van der Waals surface area contributed by atoms with Crippen molar-refractivity contribution < 1.29 is 14.3 Å². The highest BCUT2D eigenvalue weighted by atomic mass is 16.5. The zero-order chi connectivity index (χ0) is 28.9. The number of nitrogens with one attached hydrogen (secondary N) is 2. The normalized spacial score (nSPS) is 16.5. The Morgan fingerprint density at radius 2 is 1.50 bits per heavy atom. The third-order valence-corrected chi connectivity index (χ3v) is 8.00. The number of likely N-dealkylation sites (tertiary alicyclic amines) is 1. The molecule has 1 saturated heterocycles. The van der Waals surface area contributed by atoms with Crippen molar-refractivity contribution in [3.05, 3.63) is 132 Å². The average molecular weight is 556 g/mol. The van der Waals surface area contributed by atoms with Crippen LogP contribution in [0.2, 0.25) is 0 Å². The number of carbonyl (C=O) groups is 2. The van der Waals surface area contributed by atoms with E-state index in [1.54, 1.807) is 18.1 Å². The lowest BCUT2D eigenvalue weighted by Crippen LogP contribution is -2.54. The summed E-state index contributed by atoms with van der Waals surface area (Å²) in [4.78, 5) is 28.7. The lowest BCUT2D eigenvalue weighted by molar-refractivity contribution is 0.0901. The number of methoxy groups -OCH3 is 1. The van der Waals surface area contributed by atoms with Crippen molar-refractivity contribution in [1.29, 1.82) is 0 Å². The summed E-state index contributed by atoms with van der Waals surface area (Å²) in [5.41, 5.74) is 4.71. The summed E-state index contributed by atoms with van der Waals surface area (Å²) in [6.07, 6.45) is 0.721. The third-order valence-electron chi connectivity index (χ3n) is 8.00. The van der Waals surface area contributed by atoms with E-state index in [1.807, 2.05) is 78.9 Å². The Morgan fingerprint density at radius 1 is 0.762 bits per heavy atom. The number of ether oxygens (including phenoxy) is 1. The fourth-order valence-corrected chi connectivity index (χ4v) is 5.72. The number of fused-ring (bicyclic) bond motifs is 1. The van der Waals surface area contributed by atoms with Crippen LogP contribution in [0, 0.1) is 0 Å². The van der Waals surface area contributed by atoms with Gasteiger partial charge < -0.3 is 20.3 Å². The van der Waals surface area contributed by atoms with Crippen LogP contribution in [0.5, 0.6) is 5.75 Å². The molecule has 1 heterocycles. The Hall–Kier alpha value is -5.10. The number of urea groups is 1. The van der Waals surface area contributed by atoms with E-state index < -0.39 is 0 Å². The van der Waals surface area contributed by atoms with Gasteiger partial charge in [-0.05, 0) is 58.1 Å². The summed E-state index contributed by atoms with van der Waals surface area (Å²) in [5, 5.41) is 8.37. The summed E-state index contributed by atoms with van der Waals surface area (Å²) in [6.45, 7) is 0.962. The van der Waals surface area contributed by atoms with E-state index in [4.69, 9.17) is 4.74 Å². The van der Waals surface area contributed by atoms with Crippen molar-refractivity contribution in [2.75, 3.05) is 25.5 Å². The quantitative estimate of drug-likeness (QED) is 0.230. The Balaban J connectivity index is 1.24. The topological polar surface area (TPSA) is 70.7 Å². The Labute approximate surface area is 245 Å². The van der Waals surface area contributed by atoms with Gasteiger partial charge in [-0.2, -0.15) is 0 Å². The van der Waals surface area contributed by atoms with E-state index >= 15 is 0 Å². The molecule has 1 aliphatic rings. The molecule has 6 nitrogen and oxygen atoms in total. The number of benzene rings is 5. The first-order chi connectivity index (χ1) is 20.6. The smallest absolute Gasteiger partial charge is 0.321 e. The first-order valence-corrected chi connectivity index (χ1v) is 14.2. The molecule has 42 heavy (non-hydrogen) atoms. The summed E-state index contributed by atoms with van der Waals surface area (Å²) in [6, 6.07) is 39.4. The molecule has 0 radical (unpaired) electrons. The average Bonchev–Trinajstić information content (AvgIpc) is 3.05. The maximum Gasteiger partial charge on any atom is 0.321 e. The van der Waals surface area contributed by atoms with Gasteiger partial charge in [0.05, 0.1) is 13.2 Å². The minimum Gasteiger partial charge on any atom is -0.497 e. The molecule has 0 saturated carbocycles. The van der Waals surface area contributed by atoms with Gasteiger partial charge in [0.15, 0.2) is 0 Å². The molecule has 1 fully saturated rings. The van der Waals surface area contributed by atoms with Crippen LogP contribution in [0.4, 0.5) is 10.5 Å². The lowest BCUT2D eigenvalue weighted by atomic mass is 9.84. The second-order valence-electron chi connectivity index (χ2n) is 10.6. The van der Waals surface area contributed by atoms with Gasteiger partial charge in [0, 0.05) is 36.3 Å². The van der Waals surface area contributed by atoms with E-state index in [1.165, 1.54) is 0 Å². The van der Waals surface area contributed by atoms with Gasteiger partial charge in [0.2, 0.25) is 0 Å². The van der Waals surface area contributed by atoms with Crippen LogP contribution in [0.3, 0.4) is 0 Å². The van der Waals surface area contributed by atoms with Crippen molar-refractivity contribution in [3.63, 3.8) is 0 Å². The molecule has 0 unspecified atom stereocenters. The highest BCUT2D eigenvalue weighted by Gasteiger charge is 2.34. The number of hydrogen-bond acceptors (Lipinski definition) is 3. The molecule has 6 rings (SSSR count). The molecule has 1 aliphatic heterocycles. The Bertz CT molecular complexity index is 1700. The summed E-state index contributed by atoms with van der Waals surface area (Å²) < 4.78 is 5.30. The predicted molar refractivity (Wildman–Crippen MR) is 168 cm³/mol. The van der Waals surface area contributed by atoms with Gasteiger partial charge in [0.1, 0.15) is 5.75 Å². The maximum atomic E-state index is 13.6. The number of amides is 3. The van der Waals surface area contributed by atoms with E-state index in [-0.39, 0.29) is 23.9 Å². The first-order valence-electron chi connectivity index (χ1n) is 14.2. The van der Waals surface area contributed by atoms with Crippen LogP contribution in [0.25, 0.3) is 21.9 Å². The number of piperidine rings is 1. The second-order valence-corrected chi connectivity index (χ2v) is 10.6. The maximum absolute atomic E-state index is 13.6. The molecule has 0 aliphatic carbocycles. The molecule has 3 amide bonds. The van der Waals surface area contributed by atoms with Crippen molar-refractivity contribution in [2.45, 2.75) is 18.4 Å². The molecule has 2 N–H and O–H groups in total. The van der Waals surface area contributed by atoms with Crippen LogP contribution in [-0.4, -0.2) is 43.1 Å². The molecule has 5 aromatic rings. The van der Waals surface area contributed by atoms with Crippen LogP contribution in [0.1, 0.15) is 28.3 Å². The van der Waals surface area contributed by atoms with Gasteiger partial charge in [-0.15, -0.1) is 0 Å². The third kappa shape index (κ3) is 5.98. The van der Waals surface area contributed by atoms with Crippen LogP contribution < -0.4 is 15.4 Å². The molecule has 5 aromatic carbocycles. The van der Waals surface area contributed by atoms with E-state index in [0.29, 0.717) is 30.1 Å². The van der Waals surface area contributed by atoms with Crippen molar-refractivity contribution in [1.82, 2.24) is 10.2 Å². The van der Waals surface area contributed by atoms with E-state index in [0.717, 1.165) is 33.9 Å². The minimum atomic E-state index is -0.267. The van der Waals surface area contributed by atoms with Crippen LogP contribution >= 0.6 is 0 Å². The first kappa shape index (κ1) is 27.1. The summed E-state index contributed by atoms with van der Waals surface area (Å²) >= 11 is 0. The molecular weight excluding hydrogens is 522 g/mol. The molecular formula is C36H33N3O3. The highest BCUT2D eigenvalue weighted by molar-refractivity contribution is 5.99. The van der Waals surface area contributed by atoms with Gasteiger partial charge in [-0.25, -0.2) is 4.79 Å². The second kappa shape index (κ2) is 12.2. The number of nitrogens with zero attached hydrogens (tertiary/aromatic N) is 1. The van der Waals surface area contributed by atoms with Gasteiger partial charge in [-0.3, -0.25) is 4.79 Å². The van der Waals surface area contributed by atoms with Crippen LogP contribution in [0.15, 0.2) is 121 Å². The molecule has 210 valence electrons. The fraction of sp³-hybridized carbons (Fsp3) is 0.167. The SMILES string of the molecule is COc1cccc(NC(=O)N2CC[C@H](c3ccc(-c4ccccc4)cc3)[C@@H](NC(=O)c3ccc4ccccc4c3)C2)c1. The Kier molecular flexibility index (Phi) is 7.86. The molecule has 2 atom stereocenters. The molecule has 0 spiro atoms. The fourth-order valence-electron chi connectivity index (χ4n) is 5.72. The summed E-state index contributed by atoms with van der Waals surface area (Å²) in [7, 11) is 1.60. The number of rotatable bonds is 6. The van der Waals surface area contributed by atoms with Gasteiger partial charge in [0.25, 0.3) is 5.91 Å². The summed E-state index contributed by atoms with van der Waals surface area (Å²) in [5.74, 6) is 0.581. The molecule has 0 aromatic heterocycles. The highest BCUT2D eigenvalue weighted by Crippen LogP contribution is 2.31. The minimum absolute atomic E-state index is 0.0556. The lowest BCUT2D eigenvalue weighted by Gasteiger charge is -2.39. The number of carbonyl (C=O) groups excluding carboxylic acids is 2. The number of anilines is 1. The predicted octanol–water partition coefficient (Wildman–Crippen LogP) is 7.34.